The van der Waals surface area contributed by atoms with Crippen LogP contribution in [0.4, 0.5) is 0 Å². The van der Waals surface area contributed by atoms with E-state index in [1.807, 2.05) is 18.2 Å². The van der Waals surface area contributed by atoms with Crippen molar-refractivity contribution in [3.05, 3.63) is 35.7 Å². The topological polar surface area (TPSA) is 52.0 Å². The summed E-state index contributed by atoms with van der Waals surface area (Å²) in [5, 5.41) is 0. The molecule has 2 nitrogen and oxygen atoms in total. The van der Waals surface area contributed by atoms with E-state index in [1.165, 1.54) is 0 Å². The molecule has 0 spiro atoms. The molecule has 48 valence electrons. The smallest absolute Gasteiger partial charge is 0.0331 e. The van der Waals surface area contributed by atoms with E-state index >= 15 is 0 Å². The van der Waals surface area contributed by atoms with Gasteiger partial charge in [-0.15, -0.1) is 0 Å². The number of rotatable bonds is 0. The van der Waals surface area contributed by atoms with Gasteiger partial charge in [0.05, 0.1) is 0 Å². The first-order valence-electron chi connectivity index (χ1n) is 2.88. The third-order valence-electron chi connectivity index (χ3n) is 1.13. The summed E-state index contributed by atoms with van der Waals surface area (Å²) in [6.07, 6.45) is 8.39. The lowest BCUT2D eigenvalue weighted by Gasteiger charge is -1.89. The van der Waals surface area contributed by atoms with E-state index in [0.717, 1.165) is 17.8 Å². The molecule has 1 aliphatic carbocycles. The van der Waals surface area contributed by atoms with E-state index in [1.54, 1.807) is 6.08 Å². The van der Waals surface area contributed by atoms with E-state index in [4.69, 9.17) is 11.5 Å². The lowest BCUT2D eigenvalue weighted by molar-refractivity contribution is 1.31. The van der Waals surface area contributed by atoms with Crippen molar-refractivity contribution in [2.45, 2.75) is 6.42 Å². The van der Waals surface area contributed by atoms with Gasteiger partial charge in [-0.05, 0) is 18.6 Å². The molecule has 9 heavy (non-hydrogen) atoms. The summed E-state index contributed by atoms with van der Waals surface area (Å²) in [5.41, 5.74) is 12.4. The van der Waals surface area contributed by atoms with Gasteiger partial charge in [0.2, 0.25) is 0 Å². The van der Waals surface area contributed by atoms with E-state index < -0.39 is 0 Å². The molecule has 0 atom stereocenters. The molecular weight excluding hydrogens is 112 g/mol. The summed E-state index contributed by atoms with van der Waals surface area (Å²) >= 11 is 0. The lowest BCUT2D eigenvalue weighted by atomic mass is 10.3. The normalized spacial score (nSPS) is 18.2. The van der Waals surface area contributed by atoms with Gasteiger partial charge >= 0.3 is 0 Å². The molecule has 1 aliphatic rings. The Bertz CT molecular complexity index is 187. The van der Waals surface area contributed by atoms with Crippen LogP contribution < -0.4 is 11.5 Å². The molecular formula is C7H10N2. The van der Waals surface area contributed by atoms with Crippen LogP contribution in [0.15, 0.2) is 35.7 Å². The van der Waals surface area contributed by atoms with Crippen molar-refractivity contribution in [2.24, 2.45) is 11.5 Å². The summed E-state index contributed by atoms with van der Waals surface area (Å²) < 4.78 is 0. The first kappa shape index (κ1) is 5.95. The zero-order valence-electron chi connectivity index (χ0n) is 5.17. The van der Waals surface area contributed by atoms with Gasteiger partial charge in [-0.25, -0.2) is 0 Å². The van der Waals surface area contributed by atoms with E-state index in [0.29, 0.717) is 0 Å². The van der Waals surface area contributed by atoms with Crippen LogP contribution in [0.3, 0.4) is 0 Å². The Morgan fingerprint density at radius 2 is 2.00 bits per heavy atom. The molecule has 0 bridgehead atoms. The molecule has 0 aromatic carbocycles. The summed E-state index contributed by atoms with van der Waals surface area (Å²) in [6, 6.07) is 0. The molecule has 0 aliphatic heterocycles. The molecule has 1 rings (SSSR count). The summed E-state index contributed by atoms with van der Waals surface area (Å²) in [7, 11) is 0. The maximum Gasteiger partial charge on any atom is 0.0331 e. The van der Waals surface area contributed by atoms with Gasteiger partial charge in [0.25, 0.3) is 0 Å². The molecule has 0 aromatic rings. The van der Waals surface area contributed by atoms with Gasteiger partial charge in [-0.3, -0.25) is 0 Å². The van der Waals surface area contributed by atoms with Crippen molar-refractivity contribution in [1.29, 1.82) is 0 Å². The van der Waals surface area contributed by atoms with Crippen LogP contribution in [0.2, 0.25) is 0 Å². The Kier molecular flexibility index (Phi) is 1.58. The van der Waals surface area contributed by atoms with E-state index in [2.05, 4.69) is 0 Å². The highest BCUT2D eigenvalue weighted by Gasteiger charge is 1.89. The van der Waals surface area contributed by atoms with Crippen molar-refractivity contribution >= 4 is 0 Å². The number of hydrogen-bond donors (Lipinski definition) is 2. The third-order valence-corrected chi connectivity index (χ3v) is 1.13. The van der Waals surface area contributed by atoms with Crippen molar-refractivity contribution < 1.29 is 0 Å². The van der Waals surface area contributed by atoms with Crippen LogP contribution in [0.5, 0.6) is 0 Å². The van der Waals surface area contributed by atoms with Gasteiger partial charge in [0.1, 0.15) is 0 Å². The molecule has 0 radical (unpaired) electrons. The average Bonchev–Trinajstić information content (AvgIpc) is 1.93. The Morgan fingerprint density at radius 3 is 2.78 bits per heavy atom. The number of nitrogens with two attached hydrogens (primary N) is 2. The zero-order valence-corrected chi connectivity index (χ0v) is 5.17. The van der Waals surface area contributed by atoms with Crippen LogP contribution in [0, 0.1) is 0 Å². The molecule has 0 saturated heterocycles. The SMILES string of the molecule is NC1=CCC=CC(N)=C1. The van der Waals surface area contributed by atoms with Crippen LogP contribution in [-0.4, -0.2) is 0 Å². The van der Waals surface area contributed by atoms with Crippen LogP contribution >= 0.6 is 0 Å². The van der Waals surface area contributed by atoms with Crippen LogP contribution in [0.1, 0.15) is 6.42 Å². The van der Waals surface area contributed by atoms with E-state index in [-0.39, 0.29) is 0 Å². The van der Waals surface area contributed by atoms with Crippen molar-refractivity contribution in [1.82, 2.24) is 0 Å². The van der Waals surface area contributed by atoms with Gasteiger partial charge in [-0.2, -0.15) is 0 Å². The zero-order chi connectivity index (χ0) is 6.69. The number of hydrogen-bond acceptors (Lipinski definition) is 2. The second-order valence-electron chi connectivity index (χ2n) is 1.99. The second-order valence-corrected chi connectivity index (χ2v) is 1.99. The highest BCUT2D eigenvalue weighted by Crippen LogP contribution is 2.01. The van der Waals surface area contributed by atoms with Crippen molar-refractivity contribution in [3.63, 3.8) is 0 Å². The Hall–Kier alpha value is -1.18. The second kappa shape index (κ2) is 2.40. The largest absolute Gasteiger partial charge is 0.399 e. The van der Waals surface area contributed by atoms with E-state index in [9.17, 15) is 0 Å². The predicted molar refractivity (Wildman–Crippen MR) is 38.3 cm³/mol. The molecule has 0 fully saturated rings. The predicted octanol–water partition coefficient (Wildman–Crippen LogP) is 0.632. The molecule has 4 N–H and O–H groups in total. The minimum absolute atomic E-state index is 0.723. The molecule has 0 aromatic heterocycles. The molecule has 0 saturated carbocycles. The highest BCUT2D eigenvalue weighted by molar-refractivity contribution is 5.29. The lowest BCUT2D eigenvalue weighted by Crippen LogP contribution is -1.97. The van der Waals surface area contributed by atoms with Gasteiger partial charge < -0.3 is 11.5 Å². The Labute approximate surface area is 54.5 Å². The highest BCUT2D eigenvalue weighted by atomic mass is 14.6. The monoisotopic (exact) mass is 122 g/mol. The first-order valence-corrected chi connectivity index (χ1v) is 2.88. The van der Waals surface area contributed by atoms with Crippen LogP contribution in [0.25, 0.3) is 0 Å². The van der Waals surface area contributed by atoms with Crippen molar-refractivity contribution in [3.8, 4) is 0 Å². The quantitative estimate of drug-likeness (QED) is 0.495. The Morgan fingerprint density at radius 1 is 1.22 bits per heavy atom. The summed E-state index contributed by atoms with van der Waals surface area (Å²) in [4.78, 5) is 0. The molecule has 0 amide bonds. The fourth-order valence-corrected chi connectivity index (χ4v) is 0.708. The Balaban J connectivity index is 2.82. The van der Waals surface area contributed by atoms with Gasteiger partial charge in [-0.1, -0.05) is 12.2 Å². The molecule has 0 heterocycles. The summed E-state index contributed by atoms with van der Waals surface area (Å²) in [5.74, 6) is 0. The minimum Gasteiger partial charge on any atom is -0.399 e. The summed E-state index contributed by atoms with van der Waals surface area (Å²) in [6.45, 7) is 0. The standard InChI is InChI=1S/C7H10N2/c8-6-3-1-2-4-7(9)5-6/h1,3-5H,2,8-9H2. The fraction of sp³-hybridized carbons (Fsp3) is 0.143. The first-order chi connectivity index (χ1) is 4.29. The van der Waals surface area contributed by atoms with Gasteiger partial charge in [0, 0.05) is 11.4 Å². The molecule has 2 heteroatoms. The average molecular weight is 122 g/mol. The third kappa shape index (κ3) is 1.64. The van der Waals surface area contributed by atoms with Gasteiger partial charge in [0.15, 0.2) is 0 Å². The molecule has 0 unspecified atom stereocenters. The van der Waals surface area contributed by atoms with Crippen molar-refractivity contribution in [2.75, 3.05) is 0 Å². The fourth-order valence-electron chi connectivity index (χ4n) is 0.708. The maximum absolute atomic E-state index is 5.49. The minimum atomic E-state index is 0.723. The number of allylic oxidation sites excluding steroid dienone is 4. The maximum atomic E-state index is 5.49. The van der Waals surface area contributed by atoms with Crippen LogP contribution in [-0.2, 0) is 0 Å².